The number of piperazine rings is 3. The van der Waals surface area contributed by atoms with Crippen molar-refractivity contribution >= 4 is 29.9 Å². The highest BCUT2D eigenvalue weighted by molar-refractivity contribution is 14.0. The molecule has 4 aliphatic heterocycles. The smallest absolute Gasteiger partial charge is 0.193 e. The second kappa shape index (κ2) is 8.15. The zero-order valence-electron chi connectivity index (χ0n) is 14.3. The Bertz CT molecular complexity index is 371. The van der Waals surface area contributed by atoms with Crippen LogP contribution in [0.1, 0.15) is 20.3 Å². The van der Waals surface area contributed by atoms with E-state index >= 15 is 0 Å². The van der Waals surface area contributed by atoms with Gasteiger partial charge in [-0.1, -0.05) is 13.8 Å². The molecule has 6 heteroatoms. The molecule has 4 saturated heterocycles. The van der Waals surface area contributed by atoms with Crippen LogP contribution in [0.2, 0.25) is 0 Å². The summed E-state index contributed by atoms with van der Waals surface area (Å²) in [6.07, 6.45) is 1.35. The van der Waals surface area contributed by atoms with E-state index in [2.05, 4.69) is 38.9 Å². The minimum absolute atomic E-state index is 0. The van der Waals surface area contributed by atoms with Crippen molar-refractivity contribution in [2.24, 2.45) is 16.8 Å². The summed E-state index contributed by atoms with van der Waals surface area (Å²) >= 11 is 0. The predicted octanol–water partition coefficient (Wildman–Crippen LogP) is 1.16. The second-order valence-electron chi connectivity index (χ2n) is 7.27. The molecule has 22 heavy (non-hydrogen) atoms. The minimum atomic E-state index is 0. The van der Waals surface area contributed by atoms with E-state index in [4.69, 9.17) is 0 Å². The number of aliphatic imine (C=N–C) groups is 1. The molecule has 4 rings (SSSR count). The van der Waals surface area contributed by atoms with Gasteiger partial charge in [0.15, 0.2) is 5.96 Å². The fourth-order valence-electron chi connectivity index (χ4n) is 4.30. The Morgan fingerprint density at radius 3 is 2.18 bits per heavy atom. The summed E-state index contributed by atoms with van der Waals surface area (Å²) in [4.78, 5) is 12.2. The van der Waals surface area contributed by atoms with Crippen molar-refractivity contribution in [3.63, 3.8) is 0 Å². The summed E-state index contributed by atoms with van der Waals surface area (Å²) in [7, 11) is 1.92. The molecular formula is C16H32IN5. The first-order valence-electron chi connectivity index (χ1n) is 8.57. The molecule has 4 fully saturated rings. The molecule has 4 heterocycles. The minimum Gasteiger partial charge on any atom is -0.355 e. The summed E-state index contributed by atoms with van der Waals surface area (Å²) in [6, 6.07) is 0.656. The van der Waals surface area contributed by atoms with Crippen LogP contribution in [-0.2, 0) is 0 Å². The lowest BCUT2D eigenvalue weighted by Gasteiger charge is -2.48. The molecule has 2 bridgehead atoms. The number of likely N-dealkylation sites (tertiary alicyclic amines) is 1. The normalized spacial score (nSPS) is 38.6. The van der Waals surface area contributed by atoms with Crippen LogP contribution in [0.4, 0.5) is 0 Å². The molecule has 128 valence electrons. The maximum Gasteiger partial charge on any atom is 0.193 e. The van der Waals surface area contributed by atoms with Crippen LogP contribution in [0, 0.1) is 11.8 Å². The van der Waals surface area contributed by atoms with Crippen molar-refractivity contribution in [3.8, 4) is 0 Å². The summed E-state index contributed by atoms with van der Waals surface area (Å²) in [5, 5.41) is 3.64. The van der Waals surface area contributed by atoms with E-state index in [1.54, 1.807) is 0 Å². The first kappa shape index (κ1) is 18.3. The van der Waals surface area contributed by atoms with Gasteiger partial charge in [0, 0.05) is 65.4 Å². The molecule has 0 saturated carbocycles. The zero-order chi connectivity index (χ0) is 14.8. The molecule has 5 nitrogen and oxygen atoms in total. The van der Waals surface area contributed by atoms with Crippen LogP contribution in [-0.4, -0.2) is 86.1 Å². The van der Waals surface area contributed by atoms with Gasteiger partial charge in [-0.3, -0.25) is 14.8 Å². The first-order chi connectivity index (χ1) is 10.2. The van der Waals surface area contributed by atoms with Crippen LogP contribution in [0.25, 0.3) is 0 Å². The highest BCUT2D eigenvalue weighted by atomic mass is 127. The quantitative estimate of drug-likeness (QED) is 0.412. The lowest BCUT2D eigenvalue weighted by molar-refractivity contribution is 0.0151. The van der Waals surface area contributed by atoms with Crippen LogP contribution < -0.4 is 5.32 Å². The van der Waals surface area contributed by atoms with Crippen LogP contribution in [0.15, 0.2) is 4.99 Å². The standard InChI is InChI=1S/C16H31N5.HI/c1-13-8-14(2)11-21(10-13)16(17-3)18-9-15-12-19-4-6-20(15)7-5-19;/h13-15H,4-12H2,1-3H3,(H,17,18);1H. The number of rotatable bonds is 2. The number of halogens is 1. The van der Waals surface area contributed by atoms with E-state index in [-0.39, 0.29) is 24.0 Å². The largest absolute Gasteiger partial charge is 0.355 e. The van der Waals surface area contributed by atoms with E-state index in [9.17, 15) is 0 Å². The number of fused-ring (bicyclic) bond motifs is 3. The van der Waals surface area contributed by atoms with Crippen molar-refractivity contribution in [1.82, 2.24) is 20.0 Å². The van der Waals surface area contributed by atoms with Gasteiger partial charge in [0.25, 0.3) is 0 Å². The third kappa shape index (κ3) is 4.26. The number of nitrogens with one attached hydrogen (secondary N) is 1. The third-order valence-electron chi connectivity index (χ3n) is 5.27. The molecule has 0 aromatic carbocycles. The zero-order valence-corrected chi connectivity index (χ0v) is 16.6. The summed E-state index contributed by atoms with van der Waals surface area (Å²) in [5.74, 6) is 2.65. The van der Waals surface area contributed by atoms with Crippen LogP contribution in [0.5, 0.6) is 0 Å². The van der Waals surface area contributed by atoms with Crippen molar-refractivity contribution < 1.29 is 0 Å². The molecule has 0 radical (unpaired) electrons. The number of guanidine groups is 1. The Labute approximate surface area is 152 Å². The lowest BCUT2D eigenvalue weighted by atomic mass is 9.92. The maximum absolute atomic E-state index is 4.53. The monoisotopic (exact) mass is 421 g/mol. The fraction of sp³-hybridized carbons (Fsp3) is 0.938. The molecule has 4 aliphatic rings. The average molecular weight is 421 g/mol. The second-order valence-corrected chi connectivity index (χ2v) is 7.27. The van der Waals surface area contributed by atoms with Gasteiger partial charge < -0.3 is 10.2 Å². The maximum atomic E-state index is 4.53. The van der Waals surface area contributed by atoms with Crippen LogP contribution >= 0.6 is 24.0 Å². The number of nitrogens with zero attached hydrogens (tertiary/aromatic N) is 4. The van der Waals surface area contributed by atoms with Crippen molar-refractivity contribution in [2.75, 3.05) is 59.4 Å². The number of piperidine rings is 1. The van der Waals surface area contributed by atoms with Crippen molar-refractivity contribution in [3.05, 3.63) is 0 Å². The summed E-state index contributed by atoms with van der Waals surface area (Å²) in [6.45, 7) is 14.2. The van der Waals surface area contributed by atoms with Gasteiger partial charge in [-0.05, 0) is 18.3 Å². The Kier molecular flexibility index (Phi) is 6.76. The van der Waals surface area contributed by atoms with E-state index in [0.717, 1.165) is 37.4 Å². The van der Waals surface area contributed by atoms with Gasteiger partial charge >= 0.3 is 0 Å². The van der Waals surface area contributed by atoms with E-state index < -0.39 is 0 Å². The van der Waals surface area contributed by atoms with E-state index in [0.29, 0.717) is 6.04 Å². The topological polar surface area (TPSA) is 34.1 Å². The molecule has 0 aromatic rings. The molecule has 0 amide bonds. The molecule has 0 aliphatic carbocycles. The Balaban J connectivity index is 0.00000176. The Morgan fingerprint density at radius 1 is 1.05 bits per heavy atom. The molecular weight excluding hydrogens is 389 g/mol. The number of hydrogen-bond acceptors (Lipinski definition) is 3. The molecule has 3 atom stereocenters. The van der Waals surface area contributed by atoms with Crippen molar-refractivity contribution in [1.29, 1.82) is 0 Å². The van der Waals surface area contributed by atoms with Crippen molar-refractivity contribution in [2.45, 2.75) is 26.3 Å². The Hall–Kier alpha value is -0.0800. The van der Waals surface area contributed by atoms with Gasteiger partial charge in [0.1, 0.15) is 0 Å². The third-order valence-corrected chi connectivity index (χ3v) is 5.27. The average Bonchev–Trinajstić information content (AvgIpc) is 2.48. The van der Waals surface area contributed by atoms with Gasteiger partial charge in [-0.2, -0.15) is 0 Å². The fourth-order valence-corrected chi connectivity index (χ4v) is 4.30. The van der Waals surface area contributed by atoms with Gasteiger partial charge in [0.05, 0.1) is 0 Å². The molecule has 0 aromatic heterocycles. The highest BCUT2D eigenvalue weighted by Crippen LogP contribution is 2.21. The van der Waals surface area contributed by atoms with Gasteiger partial charge in [-0.15, -0.1) is 24.0 Å². The summed E-state index contributed by atoms with van der Waals surface area (Å²) < 4.78 is 0. The lowest BCUT2D eigenvalue weighted by Crippen LogP contribution is -2.64. The first-order valence-corrected chi connectivity index (χ1v) is 8.57. The van der Waals surface area contributed by atoms with E-state index in [1.165, 1.54) is 39.1 Å². The SMILES string of the molecule is CN=C(NCC1CN2CCN1CC2)N1CC(C)CC(C)C1.I. The van der Waals surface area contributed by atoms with Crippen LogP contribution in [0.3, 0.4) is 0 Å². The summed E-state index contributed by atoms with van der Waals surface area (Å²) in [5.41, 5.74) is 0. The Morgan fingerprint density at radius 2 is 1.68 bits per heavy atom. The highest BCUT2D eigenvalue weighted by Gasteiger charge is 2.32. The predicted molar refractivity (Wildman–Crippen MR) is 103 cm³/mol. The van der Waals surface area contributed by atoms with Gasteiger partial charge in [-0.25, -0.2) is 0 Å². The number of hydrogen-bond donors (Lipinski definition) is 1. The van der Waals surface area contributed by atoms with E-state index in [1.807, 2.05) is 7.05 Å². The molecule has 1 N–H and O–H groups in total. The van der Waals surface area contributed by atoms with Gasteiger partial charge in [0.2, 0.25) is 0 Å². The molecule has 3 unspecified atom stereocenters. The molecule has 0 spiro atoms.